The van der Waals surface area contributed by atoms with Crippen molar-refractivity contribution in [1.82, 2.24) is 0 Å². The topological polar surface area (TPSA) is 9.23 Å². The third-order valence-electron chi connectivity index (χ3n) is 3.73. The van der Waals surface area contributed by atoms with Crippen molar-refractivity contribution in [3.8, 4) is 5.75 Å². The van der Waals surface area contributed by atoms with Crippen LogP contribution in [0.4, 0.5) is 0 Å². The highest BCUT2D eigenvalue weighted by Crippen LogP contribution is 2.47. The van der Waals surface area contributed by atoms with E-state index < -0.39 is 0 Å². The molecule has 1 aliphatic heterocycles. The van der Waals surface area contributed by atoms with Crippen molar-refractivity contribution >= 4 is 11.8 Å². The standard InChI is InChI=1S/C17H18OS/c1-12-11-14-5-3-4-6-16(14)19-17(12)13-7-9-15(18-2)10-8-13/h3-10,12,17H,11H2,1-2H3. The third kappa shape index (κ3) is 2.50. The van der Waals surface area contributed by atoms with Crippen LogP contribution in [0.5, 0.6) is 5.75 Å². The number of fused-ring (bicyclic) bond motifs is 1. The summed E-state index contributed by atoms with van der Waals surface area (Å²) in [5, 5.41) is 0.542. The molecule has 0 saturated heterocycles. The van der Waals surface area contributed by atoms with Gasteiger partial charge in [-0.05, 0) is 41.7 Å². The molecule has 19 heavy (non-hydrogen) atoms. The van der Waals surface area contributed by atoms with Crippen molar-refractivity contribution in [3.05, 3.63) is 59.7 Å². The van der Waals surface area contributed by atoms with E-state index in [1.165, 1.54) is 22.4 Å². The Hall–Kier alpha value is -1.41. The lowest BCUT2D eigenvalue weighted by atomic mass is 9.93. The Balaban J connectivity index is 1.89. The maximum Gasteiger partial charge on any atom is 0.118 e. The first-order valence-corrected chi connectivity index (χ1v) is 7.54. The number of thioether (sulfide) groups is 1. The molecule has 1 heterocycles. The van der Waals surface area contributed by atoms with Crippen LogP contribution in [0, 0.1) is 5.92 Å². The first kappa shape index (κ1) is 12.6. The summed E-state index contributed by atoms with van der Waals surface area (Å²) < 4.78 is 5.23. The fourth-order valence-corrected chi connectivity index (χ4v) is 4.04. The van der Waals surface area contributed by atoms with Crippen molar-refractivity contribution in [2.75, 3.05) is 7.11 Å². The average molecular weight is 270 g/mol. The average Bonchev–Trinajstić information content (AvgIpc) is 2.47. The summed E-state index contributed by atoms with van der Waals surface area (Å²) >= 11 is 1.99. The number of methoxy groups -OCH3 is 1. The van der Waals surface area contributed by atoms with E-state index in [9.17, 15) is 0 Å². The van der Waals surface area contributed by atoms with Gasteiger partial charge in [0, 0.05) is 10.1 Å². The predicted molar refractivity (Wildman–Crippen MR) is 80.9 cm³/mol. The second-order valence-electron chi connectivity index (χ2n) is 5.10. The van der Waals surface area contributed by atoms with Gasteiger partial charge in [-0.1, -0.05) is 37.3 Å². The lowest BCUT2D eigenvalue weighted by Gasteiger charge is -2.30. The summed E-state index contributed by atoms with van der Waals surface area (Å²) in [6.07, 6.45) is 1.17. The molecule has 2 unspecified atom stereocenters. The molecule has 0 aliphatic carbocycles. The first-order valence-electron chi connectivity index (χ1n) is 6.66. The molecule has 0 fully saturated rings. The Morgan fingerprint density at radius 2 is 1.79 bits per heavy atom. The fraction of sp³-hybridized carbons (Fsp3) is 0.294. The van der Waals surface area contributed by atoms with Crippen molar-refractivity contribution < 1.29 is 4.74 Å². The van der Waals surface area contributed by atoms with Crippen LogP contribution in [0.1, 0.15) is 23.3 Å². The summed E-state index contributed by atoms with van der Waals surface area (Å²) in [6.45, 7) is 2.35. The van der Waals surface area contributed by atoms with Crippen LogP contribution in [-0.4, -0.2) is 7.11 Å². The molecule has 1 aliphatic rings. The zero-order valence-electron chi connectivity index (χ0n) is 11.3. The van der Waals surface area contributed by atoms with Gasteiger partial charge in [0.05, 0.1) is 7.11 Å². The molecule has 0 saturated carbocycles. The summed E-state index contributed by atoms with van der Waals surface area (Å²) in [6, 6.07) is 17.3. The molecule has 2 aromatic carbocycles. The molecule has 2 atom stereocenters. The second kappa shape index (κ2) is 5.30. The quantitative estimate of drug-likeness (QED) is 0.781. The molecule has 0 N–H and O–H groups in total. The van der Waals surface area contributed by atoms with E-state index in [0.29, 0.717) is 11.2 Å². The second-order valence-corrected chi connectivity index (χ2v) is 6.28. The van der Waals surface area contributed by atoms with Gasteiger partial charge in [-0.25, -0.2) is 0 Å². The lowest BCUT2D eigenvalue weighted by molar-refractivity contribution is 0.414. The number of hydrogen-bond donors (Lipinski definition) is 0. The van der Waals surface area contributed by atoms with Gasteiger partial charge in [0.1, 0.15) is 5.75 Å². The van der Waals surface area contributed by atoms with Crippen molar-refractivity contribution in [2.24, 2.45) is 5.92 Å². The molecule has 0 radical (unpaired) electrons. The Kier molecular flexibility index (Phi) is 3.52. The summed E-state index contributed by atoms with van der Waals surface area (Å²) in [5.41, 5.74) is 2.89. The van der Waals surface area contributed by atoms with Crippen LogP contribution in [0.3, 0.4) is 0 Å². The minimum atomic E-state index is 0.542. The van der Waals surface area contributed by atoms with Gasteiger partial charge in [-0.2, -0.15) is 0 Å². The first-order chi connectivity index (χ1) is 9.28. The molecule has 0 aromatic heterocycles. The molecule has 0 spiro atoms. The molecule has 0 bridgehead atoms. The van der Waals surface area contributed by atoms with Gasteiger partial charge in [0.25, 0.3) is 0 Å². The largest absolute Gasteiger partial charge is 0.497 e. The highest BCUT2D eigenvalue weighted by atomic mass is 32.2. The SMILES string of the molecule is COc1ccc(C2Sc3ccccc3CC2C)cc1. The monoisotopic (exact) mass is 270 g/mol. The summed E-state index contributed by atoms with van der Waals surface area (Å²) in [4.78, 5) is 1.43. The highest BCUT2D eigenvalue weighted by Gasteiger charge is 2.26. The van der Waals surface area contributed by atoms with E-state index in [-0.39, 0.29) is 0 Å². The third-order valence-corrected chi connectivity index (χ3v) is 5.37. The Morgan fingerprint density at radius 1 is 1.05 bits per heavy atom. The molecular weight excluding hydrogens is 252 g/mol. The zero-order chi connectivity index (χ0) is 13.2. The van der Waals surface area contributed by atoms with Crippen LogP contribution < -0.4 is 4.74 Å². The molecule has 98 valence electrons. The van der Waals surface area contributed by atoms with E-state index in [2.05, 4.69) is 55.5 Å². The van der Waals surface area contributed by atoms with E-state index >= 15 is 0 Å². The number of hydrogen-bond acceptors (Lipinski definition) is 2. The summed E-state index contributed by atoms with van der Waals surface area (Å²) in [5.74, 6) is 1.59. The van der Waals surface area contributed by atoms with Gasteiger partial charge in [-0.15, -0.1) is 11.8 Å². The van der Waals surface area contributed by atoms with Gasteiger partial charge in [0.2, 0.25) is 0 Å². The smallest absolute Gasteiger partial charge is 0.118 e. The maximum atomic E-state index is 5.23. The van der Waals surface area contributed by atoms with Gasteiger partial charge < -0.3 is 4.74 Å². The minimum absolute atomic E-state index is 0.542. The molecule has 2 aromatic rings. The predicted octanol–water partition coefficient (Wildman–Crippen LogP) is 4.72. The van der Waals surface area contributed by atoms with Crippen LogP contribution in [0.15, 0.2) is 53.4 Å². The minimum Gasteiger partial charge on any atom is -0.497 e. The van der Waals surface area contributed by atoms with Crippen LogP contribution in [0.25, 0.3) is 0 Å². The van der Waals surface area contributed by atoms with Gasteiger partial charge in [0.15, 0.2) is 0 Å². The van der Waals surface area contributed by atoms with Crippen molar-refractivity contribution in [3.63, 3.8) is 0 Å². The Morgan fingerprint density at radius 3 is 2.53 bits per heavy atom. The highest BCUT2D eigenvalue weighted by molar-refractivity contribution is 7.99. The van der Waals surface area contributed by atoms with Crippen LogP contribution in [-0.2, 0) is 6.42 Å². The van der Waals surface area contributed by atoms with Gasteiger partial charge >= 0.3 is 0 Å². The molecule has 1 nitrogen and oxygen atoms in total. The van der Waals surface area contributed by atoms with E-state index in [1.807, 2.05) is 11.8 Å². The zero-order valence-corrected chi connectivity index (χ0v) is 12.1. The molecule has 0 amide bonds. The van der Waals surface area contributed by atoms with Gasteiger partial charge in [-0.3, -0.25) is 0 Å². The number of benzene rings is 2. The molecule has 2 heteroatoms. The fourth-order valence-electron chi connectivity index (χ4n) is 2.68. The van der Waals surface area contributed by atoms with E-state index in [0.717, 1.165) is 5.75 Å². The Labute approximate surface area is 119 Å². The Bertz CT molecular complexity index is 562. The number of ether oxygens (including phenoxy) is 1. The molecular formula is C17H18OS. The lowest BCUT2D eigenvalue weighted by Crippen LogP contribution is -2.14. The molecule has 3 rings (SSSR count). The van der Waals surface area contributed by atoms with E-state index in [1.54, 1.807) is 7.11 Å². The summed E-state index contributed by atoms with van der Waals surface area (Å²) in [7, 11) is 1.71. The van der Waals surface area contributed by atoms with E-state index in [4.69, 9.17) is 4.74 Å². The van der Waals surface area contributed by atoms with Crippen LogP contribution >= 0.6 is 11.8 Å². The van der Waals surface area contributed by atoms with Crippen molar-refractivity contribution in [1.29, 1.82) is 0 Å². The number of rotatable bonds is 2. The van der Waals surface area contributed by atoms with Crippen molar-refractivity contribution in [2.45, 2.75) is 23.5 Å². The van der Waals surface area contributed by atoms with Crippen LogP contribution in [0.2, 0.25) is 0 Å². The normalized spacial score (nSPS) is 21.8. The maximum absolute atomic E-state index is 5.23.